The molecular weight excluding hydrogens is 474 g/mol. The van der Waals surface area contributed by atoms with Crippen molar-refractivity contribution in [3.8, 4) is 16.9 Å². The summed E-state index contributed by atoms with van der Waals surface area (Å²) >= 11 is 14.6. The molecule has 2 aromatic carbocycles. The van der Waals surface area contributed by atoms with Gasteiger partial charge in [0.2, 0.25) is 5.91 Å². The third-order valence-corrected chi connectivity index (χ3v) is 7.47. The lowest BCUT2D eigenvalue weighted by Crippen LogP contribution is -2.55. The number of anilines is 1. The monoisotopic (exact) mass is 492 g/mol. The average molecular weight is 493 g/mol. The van der Waals surface area contributed by atoms with E-state index in [1.54, 1.807) is 11.0 Å². The molecular formula is C22H19Cl2FN4O2S. The summed E-state index contributed by atoms with van der Waals surface area (Å²) in [5.74, 6) is 0.0621. The Morgan fingerprint density at radius 1 is 1.38 bits per heavy atom. The molecule has 0 unspecified atom stereocenters. The Morgan fingerprint density at radius 3 is 2.97 bits per heavy atom. The highest BCUT2D eigenvalue weighted by atomic mass is 35.5. The van der Waals surface area contributed by atoms with Crippen molar-refractivity contribution in [3.05, 3.63) is 52.3 Å². The molecule has 2 N–H and O–H groups in total. The molecule has 1 saturated heterocycles. The Kier molecular flexibility index (Phi) is 5.49. The first-order valence-electron chi connectivity index (χ1n) is 10.0. The van der Waals surface area contributed by atoms with Gasteiger partial charge >= 0.3 is 0 Å². The van der Waals surface area contributed by atoms with Crippen LogP contribution in [-0.4, -0.2) is 53.0 Å². The first-order valence-corrected chi connectivity index (χ1v) is 11.6. The van der Waals surface area contributed by atoms with Gasteiger partial charge in [0.05, 0.1) is 26.3 Å². The number of fused-ring (bicyclic) bond motifs is 3. The molecule has 0 bridgehead atoms. The first kappa shape index (κ1) is 21.5. The van der Waals surface area contributed by atoms with Gasteiger partial charge in [-0.25, -0.2) is 9.37 Å². The number of halogens is 3. The number of aromatic nitrogens is 1. The number of carbonyl (C=O) groups is 1. The topological polar surface area (TPSA) is 71.7 Å². The van der Waals surface area contributed by atoms with Gasteiger partial charge in [0.1, 0.15) is 18.2 Å². The van der Waals surface area contributed by atoms with Crippen molar-refractivity contribution in [3.63, 3.8) is 0 Å². The number of nitrogens with two attached hydrogens (primary N) is 1. The van der Waals surface area contributed by atoms with Gasteiger partial charge in [0.25, 0.3) is 0 Å². The van der Waals surface area contributed by atoms with Crippen molar-refractivity contribution in [2.24, 2.45) is 0 Å². The average Bonchev–Trinajstić information content (AvgIpc) is 3.07. The number of nitrogen functional groups attached to an aromatic ring is 1. The largest absolute Gasteiger partial charge is 0.490 e. The van der Waals surface area contributed by atoms with Crippen molar-refractivity contribution in [1.82, 2.24) is 14.8 Å². The quantitative estimate of drug-likeness (QED) is 0.530. The maximum atomic E-state index is 14.3. The zero-order valence-electron chi connectivity index (χ0n) is 16.9. The number of piperazine rings is 1. The number of thiazole rings is 1. The SMILES string of the molecule is C=CC(=O)N1CCN2Cc3cc(Cl)c(-c4ccc(F)c5sc(N)nc45)c(Cl)c3OC[C@H]2C1. The lowest BCUT2D eigenvalue weighted by atomic mass is 10.0. The number of carbonyl (C=O) groups excluding carboxylic acids is 1. The van der Waals surface area contributed by atoms with Crippen LogP contribution in [0.25, 0.3) is 21.3 Å². The highest BCUT2D eigenvalue weighted by Gasteiger charge is 2.33. The van der Waals surface area contributed by atoms with E-state index in [0.29, 0.717) is 69.9 Å². The second-order valence-corrected chi connectivity index (χ2v) is 9.60. The minimum atomic E-state index is -0.397. The number of nitrogens with zero attached hydrogens (tertiary/aromatic N) is 3. The Balaban J connectivity index is 1.55. The fourth-order valence-corrected chi connectivity index (χ4v) is 5.87. The lowest BCUT2D eigenvalue weighted by molar-refractivity contribution is -0.129. The van der Waals surface area contributed by atoms with Crippen LogP contribution in [0.15, 0.2) is 30.9 Å². The predicted octanol–water partition coefficient (Wildman–Crippen LogP) is 4.58. The molecule has 2 aliphatic rings. The summed E-state index contributed by atoms with van der Waals surface area (Å²) in [5, 5.41) is 1.04. The van der Waals surface area contributed by atoms with E-state index < -0.39 is 5.82 Å². The molecule has 6 nitrogen and oxygen atoms in total. The summed E-state index contributed by atoms with van der Waals surface area (Å²) in [7, 11) is 0. The summed E-state index contributed by atoms with van der Waals surface area (Å²) in [6.07, 6.45) is 1.33. The molecule has 0 aliphatic carbocycles. The Morgan fingerprint density at radius 2 is 2.19 bits per heavy atom. The van der Waals surface area contributed by atoms with Gasteiger partial charge in [-0.2, -0.15) is 0 Å². The fourth-order valence-electron chi connectivity index (χ4n) is 4.35. The third kappa shape index (κ3) is 3.51. The van der Waals surface area contributed by atoms with Crippen LogP contribution in [0.2, 0.25) is 10.0 Å². The molecule has 32 heavy (non-hydrogen) atoms. The van der Waals surface area contributed by atoms with Crippen molar-refractivity contribution in [1.29, 1.82) is 0 Å². The fraction of sp³-hybridized carbons (Fsp3) is 0.273. The number of hydrogen-bond acceptors (Lipinski definition) is 6. The van der Waals surface area contributed by atoms with Crippen molar-refractivity contribution in [2.45, 2.75) is 12.6 Å². The normalized spacial score (nSPS) is 18.6. The first-order chi connectivity index (χ1) is 15.4. The van der Waals surface area contributed by atoms with Gasteiger partial charge in [0.15, 0.2) is 5.13 Å². The van der Waals surface area contributed by atoms with E-state index in [0.717, 1.165) is 16.9 Å². The lowest BCUT2D eigenvalue weighted by Gasteiger charge is -2.39. The number of rotatable bonds is 2. The molecule has 1 amide bonds. The van der Waals surface area contributed by atoms with Crippen LogP contribution in [0.3, 0.4) is 0 Å². The summed E-state index contributed by atoms with van der Waals surface area (Å²) in [6.45, 7) is 6.42. The third-order valence-electron chi connectivity index (χ3n) is 5.92. The Bertz CT molecular complexity index is 1260. The number of ether oxygens (including phenoxy) is 1. The zero-order valence-corrected chi connectivity index (χ0v) is 19.2. The Hall–Kier alpha value is -2.39. The summed E-state index contributed by atoms with van der Waals surface area (Å²) < 4.78 is 20.8. The standard InChI is InChI=1S/C22H19Cl2FN4O2S/c1-2-16(30)29-6-5-28-8-11-7-14(23)17(18(24)20(11)31-10-12(28)9-29)13-3-4-15(25)21-19(13)27-22(26)32-21/h2-4,7,12H,1,5-6,8-10H2,(H2,26,27)/t12-/m1/s1. The van der Waals surface area contributed by atoms with E-state index in [2.05, 4.69) is 16.5 Å². The van der Waals surface area contributed by atoms with Gasteiger partial charge < -0.3 is 15.4 Å². The second-order valence-electron chi connectivity index (χ2n) is 7.78. The van der Waals surface area contributed by atoms with Gasteiger partial charge in [-0.05, 0) is 24.3 Å². The molecule has 5 rings (SSSR count). The summed E-state index contributed by atoms with van der Waals surface area (Å²) in [4.78, 5) is 20.4. The molecule has 1 atom stereocenters. The highest BCUT2D eigenvalue weighted by Crippen LogP contribution is 2.47. The zero-order chi connectivity index (χ0) is 22.6. The van der Waals surface area contributed by atoms with Crippen LogP contribution in [0, 0.1) is 5.82 Å². The summed E-state index contributed by atoms with van der Waals surface area (Å²) in [5.41, 5.74) is 8.25. The van der Waals surface area contributed by atoms with Crippen LogP contribution >= 0.6 is 34.5 Å². The predicted molar refractivity (Wildman–Crippen MR) is 126 cm³/mol. The molecule has 3 aromatic rings. The van der Waals surface area contributed by atoms with E-state index in [4.69, 9.17) is 33.7 Å². The molecule has 2 aliphatic heterocycles. The van der Waals surface area contributed by atoms with Gasteiger partial charge in [-0.1, -0.05) is 41.1 Å². The van der Waals surface area contributed by atoms with Crippen molar-refractivity contribution < 1.29 is 13.9 Å². The molecule has 166 valence electrons. The number of hydrogen-bond donors (Lipinski definition) is 1. The highest BCUT2D eigenvalue weighted by molar-refractivity contribution is 7.22. The smallest absolute Gasteiger partial charge is 0.246 e. The van der Waals surface area contributed by atoms with Gasteiger partial charge in [0, 0.05) is 42.9 Å². The van der Waals surface area contributed by atoms with E-state index in [1.807, 2.05) is 6.07 Å². The molecule has 3 heterocycles. The number of benzene rings is 2. The van der Waals surface area contributed by atoms with Crippen LogP contribution < -0.4 is 10.5 Å². The van der Waals surface area contributed by atoms with Crippen LogP contribution in [0.1, 0.15) is 5.56 Å². The molecule has 0 spiro atoms. The Labute approximate surface area is 198 Å². The van der Waals surface area contributed by atoms with E-state index in [-0.39, 0.29) is 17.1 Å². The minimum Gasteiger partial charge on any atom is -0.490 e. The van der Waals surface area contributed by atoms with Gasteiger partial charge in [-0.3, -0.25) is 9.69 Å². The second kappa shape index (κ2) is 8.19. The summed E-state index contributed by atoms with van der Waals surface area (Å²) in [6, 6.07) is 4.83. The molecule has 1 fully saturated rings. The van der Waals surface area contributed by atoms with Crippen LogP contribution in [0.4, 0.5) is 9.52 Å². The minimum absolute atomic E-state index is 0.0224. The maximum Gasteiger partial charge on any atom is 0.246 e. The number of amides is 1. The molecule has 1 aromatic heterocycles. The molecule has 0 radical (unpaired) electrons. The van der Waals surface area contributed by atoms with E-state index >= 15 is 0 Å². The van der Waals surface area contributed by atoms with Gasteiger partial charge in [-0.15, -0.1) is 0 Å². The maximum absolute atomic E-state index is 14.3. The van der Waals surface area contributed by atoms with E-state index in [1.165, 1.54) is 12.1 Å². The van der Waals surface area contributed by atoms with Crippen LogP contribution in [-0.2, 0) is 11.3 Å². The van der Waals surface area contributed by atoms with Crippen LogP contribution in [0.5, 0.6) is 5.75 Å². The molecule has 10 heteroatoms. The van der Waals surface area contributed by atoms with Crippen molar-refractivity contribution in [2.75, 3.05) is 32.0 Å². The van der Waals surface area contributed by atoms with Crippen molar-refractivity contribution >= 4 is 55.8 Å². The van der Waals surface area contributed by atoms with E-state index in [9.17, 15) is 9.18 Å². The molecule has 0 saturated carbocycles.